The zero-order valence-electron chi connectivity index (χ0n) is 19.8. The lowest BCUT2D eigenvalue weighted by Gasteiger charge is -2.32. The van der Waals surface area contributed by atoms with E-state index in [-0.39, 0.29) is 5.43 Å². The van der Waals surface area contributed by atoms with E-state index in [0.29, 0.717) is 11.3 Å². The predicted octanol–water partition coefficient (Wildman–Crippen LogP) is 5.18. The third kappa shape index (κ3) is 3.54. The summed E-state index contributed by atoms with van der Waals surface area (Å²) in [4.78, 5) is 12.1. The van der Waals surface area contributed by atoms with Crippen LogP contribution in [-0.4, -0.2) is 25.4 Å². The number of ether oxygens (including phenoxy) is 1. The molecule has 0 N–H and O–H groups in total. The van der Waals surface area contributed by atoms with E-state index in [2.05, 4.69) is 13.0 Å². The fraction of sp³-hybridized carbons (Fsp3) is 0.296. The second-order valence-electron chi connectivity index (χ2n) is 9.66. The van der Waals surface area contributed by atoms with Gasteiger partial charge in [-0.2, -0.15) is 0 Å². The number of rotatable bonds is 3. The van der Waals surface area contributed by atoms with E-state index in [4.69, 9.17) is 18.5 Å². The monoisotopic (exact) mass is 442 g/mol. The molecule has 5 nitrogen and oxygen atoms in total. The maximum atomic E-state index is 12.1. The first-order chi connectivity index (χ1) is 15.6. The van der Waals surface area contributed by atoms with Gasteiger partial charge in [-0.15, -0.1) is 0 Å². The fourth-order valence-electron chi connectivity index (χ4n) is 4.35. The molecule has 0 saturated carbocycles. The molecular formula is C27H27BO5. The molecular weight excluding hydrogens is 415 g/mol. The van der Waals surface area contributed by atoms with Crippen molar-refractivity contribution in [2.45, 2.75) is 45.8 Å². The summed E-state index contributed by atoms with van der Waals surface area (Å²) in [6.45, 7) is 10.2. The van der Waals surface area contributed by atoms with Crippen molar-refractivity contribution in [1.29, 1.82) is 0 Å². The van der Waals surface area contributed by atoms with Gasteiger partial charge in [0.2, 0.25) is 0 Å². The number of methoxy groups -OCH3 is 1. The number of aryl methyl sites for hydroxylation is 1. The summed E-state index contributed by atoms with van der Waals surface area (Å²) in [6, 6.07) is 17.0. The van der Waals surface area contributed by atoms with Crippen LogP contribution in [0.5, 0.6) is 5.75 Å². The van der Waals surface area contributed by atoms with E-state index in [1.54, 1.807) is 19.2 Å². The molecule has 0 amide bonds. The van der Waals surface area contributed by atoms with E-state index in [0.717, 1.165) is 38.9 Å². The average Bonchev–Trinajstić information content (AvgIpc) is 2.98. The average molecular weight is 442 g/mol. The van der Waals surface area contributed by atoms with Gasteiger partial charge < -0.3 is 18.5 Å². The van der Waals surface area contributed by atoms with Crippen molar-refractivity contribution in [2.75, 3.05) is 7.11 Å². The zero-order valence-corrected chi connectivity index (χ0v) is 19.8. The molecule has 2 heterocycles. The van der Waals surface area contributed by atoms with E-state index in [9.17, 15) is 4.79 Å². The molecule has 1 fully saturated rings. The second-order valence-corrected chi connectivity index (χ2v) is 9.66. The van der Waals surface area contributed by atoms with Crippen LogP contribution >= 0.6 is 0 Å². The Hall–Kier alpha value is -3.09. The van der Waals surface area contributed by atoms with E-state index < -0.39 is 18.3 Å². The molecule has 6 heteroatoms. The van der Waals surface area contributed by atoms with E-state index in [1.165, 1.54) is 0 Å². The molecule has 0 spiro atoms. The van der Waals surface area contributed by atoms with Crippen molar-refractivity contribution < 1.29 is 18.5 Å². The Morgan fingerprint density at radius 2 is 1.55 bits per heavy atom. The molecule has 0 bridgehead atoms. The molecule has 0 unspecified atom stereocenters. The van der Waals surface area contributed by atoms with Gasteiger partial charge in [-0.1, -0.05) is 18.2 Å². The summed E-state index contributed by atoms with van der Waals surface area (Å²) in [5.41, 5.74) is 4.63. The summed E-state index contributed by atoms with van der Waals surface area (Å²) in [7, 11) is 1.16. The normalized spacial score (nSPS) is 17.1. The first kappa shape index (κ1) is 21.7. The molecule has 2 aromatic carbocycles. The molecule has 1 aliphatic carbocycles. The minimum atomic E-state index is -0.498. The van der Waals surface area contributed by atoms with Crippen molar-refractivity contribution in [3.8, 4) is 28.2 Å². The van der Waals surface area contributed by atoms with Gasteiger partial charge in [-0.25, -0.2) is 0 Å². The molecule has 168 valence electrons. The number of benzene rings is 3. The maximum Gasteiger partial charge on any atom is 0.494 e. The van der Waals surface area contributed by atoms with E-state index in [1.807, 2.05) is 64.1 Å². The van der Waals surface area contributed by atoms with Gasteiger partial charge in [0.05, 0.1) is 18.3 Å². The number of hydrogen-bond acceptors (Lipinski definition) is 5. The van der Waals surface area contributed by atoms with Gasteiger partial charge in [0.1, 0.15) is 17.1 Å². The molecule has 3 aliphatic rings. The first-order valence-electron chi connectivity index (χ1n) is 11.1. The van der Waals surface area contributed by atoms with Crippen LogP contribution in [-0.2, 0) is 9.31 Å². The number of hydrogen-bond donors (Lipinski definition) is 0. The van der Waals surface area contributed by atoms with Crippen LogP contribution in [0.4, 0.5) is 0 Å². The summed E-state index contributed by atoms with van der Waals surface area (Å²) in [6.07, 6.45) is 0. The summed E-state index contributed by atoms with van der Waals surface area (Å²) in [5.74, 6) is 1.35. The Bertz CT molecular complexity index is 1390. The van der Waals surface area contributed by atoms with Crippen molar-refractivity contribution in [1.82, 2.24) is 0 Å². The molecule has 2 aromatic rings. The SMILES string of the molecule is COc1ccc(-c2c3ccc(=O)cc-3oc3cc(B4OC(C)(C)C(C)(C)O4)ccc23)c(C)c1. The third-order valence-electron chi connectivity index (χ3n) is 6.95. The molecule has 33 heavy (non-hydrogen) atoms. The first-order valence-corrected chi connectivity index (χ1v) is 11.1. The van der Waals surface area contributed by atoms with Gasteiger partial charge in [-0.05, 0) is 81.5 Å². The van der Waals surface area contributed by atoms with Crippen molar-refractivity contribution in [3.05, 3.63) is 70.4 Å². The van der Waals surface area contributed by atoms with Crippen molar-refractivity contribution >= 4 is 23.6 Å². The van der Waals surface area contributed by atoms with Crippen LogP contribution in [0.2, 0.25) is 0 Å². The summed E-state index contributed by atoms with van der Waals surface area (Å²) in [5, 5.41) is 0.953. The molecule has 1 saturated heterocycles. The van der Waals surface area contributed by atoms with Crippen LogP contribution in [0.3, 0.4) is 0 Å². The lowest BCUT2D eigenvalue weighted by Crippen LogP contribution is -2.41. The quantitative estimate of drug-likeness (QED) is 0.323. The van der Waals surface area contributed by atoms with Gasteiger partial charge in [0, 0.05) is 22.6 Å². The minimum absolute atomic E-state index is 0.0925. The molecule has 0 radical (unpaired) electrons. The summed E-state index contributed by atoms with van der Waals surface area (Å²) < 4.78 is 24.1. The Balaban J connectivity index is 1.74. The Morgan fingerprint density at radius 3 is 2.21 bits per heavy atom. The Labute approximate surface area is 193 Å². The molecule has 0 aromatic heterocycles. The number of fused-ring (bicyclic) bond motifs is 2. The highest BCUT2D eigenvalue weighted by molar-refractivity contribution is 6.62. The van der Waals surface area contributed by atoms with Crippen LogP contribution in [0.1, 0.15) is 33.3 Å². The van der Waals surface area contributed by atoms with Crippen LogP contribution in [0.25, 0.3) is 33.4 Å². The van der Waals surface area contributed by atoms with Gasteiger partial charge in [-0.3, -0.25) is 4.79 Å². The van der Waals surface area contributed by atoms with Crippen molar-refractivity contribution in [3.63, 3.8) is 0 Å². The highest BCUT2D eigenvalue weighted by atomic mass is 16.7. The topological polar surface area (TPSA) is 57.9 Å². The van der Waals surface area contributed by atoms with Gasteiger partial charge >= 0.3 is 7.12 Å². The summed E-state index contributed by atoms with van der Waals surface area (Å²) >= 11 is 0. The fourth-order valence-corrected chi connectivity index (χ4v) is 4.35. The molecule has 2 aliphatic heterocycles. The standard InChI is InChI=1S/C27H27BO5/c1-16-13-19(30-6)9-12-20(16)25-21-10-7-17(28-32-26(2,3)27(4,5)33-28)14-23(21)31-24-15-18(29)8-11-22(24)25/h7-15H,1-6H3. The third-order valence-corrected chi connectivity index (χ3v) is 6.95. The van der Waals surface area contributed by atoms with Gasteiger partial charge in [0.25, 0.3) is 0 Å². The van der Waals surface area contributed by atoms with Crippen molar-refractivity contribution in [2.24, 2.45) is 0 Å². The van der Waals surface area contributed by atoms with Crippen LogP contribution in [0.15, 0.2) is 63.8 Å². The Morgan fingerprint density at radius 1 is 0.848 bits per heavy atom. The lowest BCUT2D eigenvalue weighted by atomic mass is 9.78. The largest absolute Gasteiger partial charge is 0.497 e. The highest BCUT2D eigenvalue weighted by Crippen LogP contribution is 2.42. The zero-order chi connectivity index (χ0) is 23.5. The van der Waals surface area contributed by atoms with Crippen LogP contribution in [0, 0.1) is 6.92 Å². The second kappa shape index (κ2) is 7.47. The smallest absolute Gasteiger partial charge is 0.494 e. The lowest BCUT2D eigenvalue weighted by molar-refractivity contribution is 0.00578. The maximum absolute atomic E-state index is 12.1. The predicted molar refractivity (Wildman–Crippen MR) is 132 cm³/mol. The van der Waals surface area contributed by atoms with Crippen LogP contribution < -0.4 is 15.6 Å². The molecule has 0 atom stereocenters. The van der Waals surface area contributed by atoms with Gasteiger partial charge in [0.15, 0.2) is 5.43 Å². The highest BCUT2D eigenvalue weighted by Gasteiger charge is 2.51. The Kier molecular flexibility index (Phi) is 4.92. The minimum Gasteiger partial charge on any atom is -0.497 e. The molecule has 5 rings (SSSR count). The van der Waals surface area contributed by atoms with E-state index >= 15 is 0 Å².